The van der Waals surface area contributed by atoms with Gasteiger partial charge in [0.05, 0.1) is 11.9 Å². The van der Waals surface area contributed by atoms with Crippen molar-refractivity contribution in [3.8, 4) is 0 Å². The zero-order valence-corrected chi connectivity index (χ0v) is 13.5. The average molecular weight is 339 g/mol. The largest absolute Gasteiger partial charge is 0.366 e. The monoisotopic (exact) mass is 338 g/mol. The summed E-state index contributed by atoms with van der Waals surface area (Å²) in [4.78, 5) is 20.5. The van der Waals surface area contributed by atoms with Crippen LogP contribution in [-0.2, 0) is 6.54 Å². The number of carbonyl (C=O) groups excluding carboxylic acids is 1. The van der Waals surface area contributed by atoms with E-state index in [1.807, 2.05) is 18.2 Å². The van der Waals surface area contributed by atoms with E-state index in [2.05, 4.69) is 20.6 Å². The molecule has 1 aromatic carbocycles. The highest BCUT2D eigenvalue weighted by atomic mass is 35.5. The Morgan fingerprint density at radius 2 is 1.88 bits per heavy atom. The maximum Gasteiger partial charge on any atom is 0.255 e. The van der Waals surface area contributed by atoms with Gasteiger partial charge in [0.15, 0.2) is 0 Å². The minimum atomic E-state index is -0.204. The smallest absolute Gasteiger partial charge is 0.255 e. The van der Waals surface area contributed by atoms with Crippen LogP contribution in [0.4, 0.5) is 11.5 Å². The van der Waals surface area contributed by atoms with E-state index in [-0.39, 0.29) is 5.91 Å². The zero-order valence-electron chi connectivity index (χ0n) is 12.7. The van der Waals surface area contributed by atoms with Gasteiger partial charge in [-0.15, -0.1) is 0 Å². The lowest BCUT2D eigenvalue weighted by molar-refractivity contribution is 0.102. The third-order valence-corrected chi connectivity index (χ3v) is 3.58. The van der Waals surface area contributed by atoms with Crippen LogP contribution in [0.1, 0.15) is 15.9 Å². The quantitative estimate of drug-likeness (QED) is 0.738. The van der Waals surface area contributed by atoms with Crippen molar-refractivity contribution in [2.75, 3.05) is 10.6 Å². The van der Waals surface area contributed by atoms with Gasteiger partial charge in [-0.2, -0.15) is 0 Å². The lowest BCUT2D eigenvalue weighted by Gasteiger charge is -2.08. The van der Waals surface area contributed by atoms with Crippen LogP contribution >= 0.6 is 11.6 Å². The summed E-state index contributed by atoms with van der Waals surface area (Å²) < 4.78 is 0. The van der Waals surface area contributed by atoms with Crippen LogP contribution in [0, 0.1) is 0 Å². The molecule has 2 aromatic heterocycles. The van der Waals surface area contributed by atoms with Gasteiger partial charge >= 0.3 is 0 Å². The molecule has 0 saturated carbocycles. The van der Waals surface area contributed by atoms with E-state index in [0.29, 0.717) is 22.8 Å². The van der Waals surface area contributed by atoms with Crippen LogP contribution in [0.5, 0.6) is 0 Å². The Balaban J connectivity index is 1.58. The summed E-state index contributed by atoms with van der Waals surface area (Å²) in [7, 11) is 0. The van der Waals surface area contributed by atoms with Gasteiger partial charge in [0, 0.05) is 29.5 Å². The number of hydrogen-bond acceptors (Lipinski definition) is 4. The number of aromatic nitrogens is 2. The predicted octanol–water partition coefficient (Wildman–Crippen LogP) is 3.99. The number of pyridine rings is 2. The number of hydrogen-bond donors (Lipinski definition) is 2. The van der Waals surface area contributed by atoms with E-state index in [4.69, 9.17) is 11.6 Å². The molecule has 0 unspecified atom stereocenters. The first-order valence-corrected chi connectivity index (χ1v) is 7.74. The van der Waals surface area contributed by atoms with Gasteiger partial charge in [0.25, 0.3) is 5.91 Å². The summed E-state index contributed by atoms with van der Waals surface area (Å²) in [6, 6.07) is 14.2. The molecule has 2 N–H and O–H groups in total. The summed E-state index contributed by atoms with van der Waals surface area (Å²) >= 11 is 5.82. The SMILES string of the molecule is O=C(Nc1ccc(NCc2cccnc2)nc1)c1ccc(Cl)cc1. The molecule has 1 amide bonds. The van der Waals surface area contributed by atoms with Crippen LogP contribution in [-0.4, -0.2) is 15.9 Å². The average Bonchev–Trinajstić information content (AvgIpc) is 2.62. The van der Waals surface area contributed by atoms with Crippen LogP contribution in [0.2, 0.25) is 5.02 Å². The van der Waals surface area contributed by atoms with Crippen LogP contribution in [0.3, 0.4) is 0 Å². The molecule has 120 valence electrons. The van der Waals surface area contributed by atoms with Gasteiger partial charge in [-0.3, -0.25) is 9.78 Å². The first kappa shape index (κ1) is 16.0. The molecule has 2 heterocycles. The van der Waals surface area contributed by atoms with Gasteiger partial charge in [-0.05, 0) is 48.0 Å². The number of carbonyl (C=O) groups is 1. The van der Waals surface area contributed by atoms with Gasteiger partial charge < -0.3 is 10.6 Å². The minimum Gasteiger partial charge on any atom is -0.366 e. The molecular weight excluding hydrogens is 324 g/mol. The number of rotatable bonds is 5. The highest BCUT2D eigenvalue weighted by Crippen LogP contribution is 2.14. The molecule has 0 radical (unpaired) electrons. The standard InChI is InChI=1S/C18H15ClN4O/c19-15-5-3-14(4-6-15)18(24)23-16-7-8-17(22-12-16)21-11-13-2-1-9-20-10-13/h1-10,12H,11H2,(H,21,22)(H,23,24). The van der Waals surface area contributed by atoms with Crippen molar-refractivity contribution in [1.29, 1.82) is 0 Å². The lowest BCUT2D eigenvalue weighted by atomic mass is 10.2. The molecule has 6 heteroatoms. The maximum absolute atomic E-state index is 12.1. The van der Waals surface area contributed by atoms with Crippen molar-refractivity contribution in [3.05, 3.63) is 83.3 Å². The summed E-state index contributed by atoms with van der Waals surface area (Å²) in [5, 5.41) is 6.59. The maximum atomic E-state index is 12.1. The van der Waals surface area contributed by atoms with Gasteiger partial charge in [0.2, 0.25) is 0 Å². The number of nitrogens with one attached hydrogen (secondary N) is 2. The number of anilines is 2. The molecule has 0 bridgehead atoms. The highest BCUT2D eigenvalue weighted by molar-refractivity contribution is 6.30. The van der Waals surface area contributed by atoms with Crippen LogP contribution in [0.15, 0.2) is 67.1 Å². The molecule has 3 aromatic rings. The van der Waals surface area contributed by atoms with E-state index in [9.17, 15) is 4.79 Å². The van der Waals surface area contributed by atoms with Crippen molar-refractivity contribution in [2.24, 2.45) is 0 Å². The minimum absolute atomic E-state index is 0.204. The van der Waals surface area contributed by atoms with E-state index in [0.717, 1.165) is 11.4 Å². The number of amides is 1. The van der Waals surface area contributed by atoms with Crippen LogP contribution < -0.4 is 10.6 Å². The lowest BCUT2D eigenvalue weighted by Crippen LogP contribution is -2.12. The highest BCUT2D eigenvalue weighted by Gasteiger charge is 2.06. The molecular formula is C18H15ClN4O. The first-order chi connectivity index (χ1) is 11.7. The molecule has 0 saturated heterocycles. The second-order valence-electron chi connectivity index (χ2n) is 5.11. The second-order valence-corrected chi connectivity index (χ2v) is 5.54. The Morgan fingerprint density at radius 1 is 1.04 bits per heavy atom. The molecule has 0 aliphatic heterocycles. The molecule has 3 rings (SSSR count). The normalized spacial score (nSPS) is 10.2. The molecule has 5 nitrogen and oxygen atoms in total. The van der Waals surface area contributed by atoms with Gasteiger partial charge in [-0.25, -0.2) is 4.98 Å². The van der Waals surface area contributed by atoms with Crippen molar-refractivity contribution < 1.29 is 4.79 Å². The molecule has 0 aliphatic carbocycles. The first-order valence-electron chi connectivity index (χ1n) is 7.36. The van der Waals surface area contributed by atoms with Gasteiger partial charge in [-0.1, -0.05) is 17.7 Å². The number of nitrogens with zero attached hydrogens (tertiary/aromatic N) is 2. The van der Waals surface area contributed by atoms with Crippen molar-refractivity contribution in [2.45, 2.75) is 6.54 Å². The van der Waals surface area contributed by atoms with Crippen molar-refractivity contribution >= 4 is 29.0 Å². The van der Waals surface area contributed by atoms with E-state index in [1.54, 1.807) is 48.9 Å². The summed E-state index contributed by atoms with van der Waals surface area (Å²) in [6.07, 6.45) is 5.15. The predicted molar refractivity (Wildman–Crippen MR) is 95.2 cm³/mol. The van der Waals surface area contributed by atoms with Crippen LogP contribution in [0.25, 0.3) is 0 Å². The molecule has 0 aliphatic rings. The Bertz CT molecular complexity index is 805. The molecule has 0 atom stereocenters. The molecule has 0 fully saturated rings. The fraction of sp³-hybridized carbons (Fsp3) is 0.0556. The number of benzene rings is 1. The third-order valence-electron chi connectivity index (χ3n) is 3.32. The summed E-state index contributed by atoms with van der Waals surface area (Å²) in [5.41, 5.74) is 2.24. The summed E-state index contributed by atoms with van der Waals surface area (Å²) in [6.45, 7) is 0.636. The fourth-order valence-corrected chi connectivity index (χ4v) is 2.20. The van der Waals surface area contributed by atoms with Gasteiger partial charge in [0.1, 0.15) is 5.82 Å². The summed E-state index contributed by atoms with van der Waals surface area (Å²) in [5.74, 6) is 0.521. The van der Waals surface area contributed by atoms with Crippen molar-refractivity contribution in [1.82, 2.24) is 9.97 Å². The Labute approximate surface area is 144 Å². The van der Waals surface area contributed by atoms with Crippen molar-refractivity contribution in [3.63, 3.8) is 0 Å². The Hall–Kier alpha value is -2.92. The zero-order chi connectivity index (χ0) is 16.8. The number of halogens is 1. The fourth-order valence-electron chi connectivity index (χ4n) is 2.07. The third kappa shape index (κ3) is 4.30. The van der Waals surface area contributed by atoms with E-state index < -0.39 is 0 Å². The molecule has 24 heavy (non-hydrogen) atoms. The topological polar surface area (TPSA) is 66.9 Å². The van der Waals surface area contributed by atoms with E-state index >= 15 is 0 Å². The Morgan fingerprint density at radius 3 is 2.54 bits per heavy atom. The van der Waals surface area contributed by atoms with E-state index in [1.165, 1.54) is 0 Å². The molecule has 0 spiro atoms. The Kier molecular flexibility index (Phi) is 5.03. The second kappa shape index (κ2) is 7.57.